The van der Waals surface area contributed by atoms with E-state index < -0.39 is 11.5 Å². The largest absolute Gasteiger partial charge is 0.492 e. The molecule has 3 atom stereocenters. The van der Waals surface area contributed by atoms with Crippen LogP contribution in [0.4, 0.5) is 5.69 Å². The molecule has 5 rings (SSSR count). The maximum absolute atomic E-state index is 13.3. The van der Waals surface area contributed by atoms with Crippen molar-refractivity contribution in [3.63, 3.8) is 0 Å². The van der Waals surface area contributed by atoms with E-state index in [-0.39, 0.29) is 17.9 Å². The molecule has 2 saturated heterocycles. The Kier molecular flexibility index (Phi) is 4.51. The molecule has 3 heterocycles. The second-order valence-electron chi connectivity index (χ2n) is 8.00. The van der Waals surface area contributed by atoms with Crippen LogP contribution in [0, 0.1) is 5.92 Å². The zero-order valence-corrected chi connectivity index (χ0v) is 16.3. The van der Waals surface area contributed by atoms with Crippen molar-refractivity contribution in [1.29, 1.82) is 0 Å². The predicted molar refractivity (Wildman–Crippen MR) is 110 cm³/mol. The van der Waals surface area contributed by atoms with Crippen LogP contribution in [0.2, 0.25) is 0 Å². The minimum Gasteiger partial charge on any atom is -0.492 e. The zero-order valence-electron chi connectivity index (χ0n) is 16.3. The van der Waals surface area contributed by atoms with Crippen molar-refractivity contribution in [2.75, 3.05) is 25.0 Å². The monoisotopic (exact) mass is 391 g/mol. The smallest absolute Gasteiger partial charge is 0.250 e. The molecule has 3 aliphatic heterocycles. The number of anilines is 1. The molecule has 0 radical (unpaired) electrons. The number of benzene rings is 2. The first-order valence-corrected chi connectivity index (χ1v) is 10.3. The molecule has 2 N–H and O–H groups in total. The van der Waals surface area contributed by atoms with Gasteiger partial charge in [0, 0.05) is 17.3 Å². The van der Waals surface area contributed by atoms with Crippen LogP contribution in [0.25, 0.3) is 0 Å². The zero-order chi connectivity index (χ0) is 19.8. The van der Waals surface area contributed by atoms with Crippen molar-refractivity contribution in [3.8, 4) is 5.75 Å². The lowest BCUT2D eigenvalue weighted by molar-refractivity contribution is -0.137. The molecule has 2 amide bonds. The average molecular weight is 391 g/mol. The molecule has 0 aromatic heterocycles. The molecule has 29 heavy (non-hydrogen) atoms. The normalized spacial score (nSPS) is 27.5. The summed E-state index contributed by atoms with van der Waals surface area (Å²) in [5, 5.41) is 6.05. The van der Waals surface area contributed by atoms with Gasteiger partial charge in [-0.15, -0.1) is 0 Å². The van der Waals surface area contributed by atoms with Crippen molar-refractivity contribution >= 4 is 17.5 Å². The standard InChI is InChI=1S/C23H25N3O3/c27-21(24-12-14-29-17-8-2-1-3-9-17)19-15-16-7-6-13-26(16)23(19)18-10-4-5-11-20(18)25-22(23)28/h1-5,8-11,16,19H,6-7,12-15H2,(H,24,27)(H,25,28)/t16-,19+,23+/m1/s1. The number of fused-ring (bicyclic) bond motifs is 4. The van der Waals surface area contributed by atoms with E-state index in [1.807, 2.05) is 54.6 Å². The molecule has 150 valence electrons. The van der Waals surface area contributed by atoms with Gasteiger partial charge in [0.15, 0.2) is 0 Å². The summed E-state index contributed by atoms with van der Waals surface area (Å²) < 4.78 is 5.68. The summed E-state index contributed by atoms with van der Waals surface area (Å²) in [7, 11) is 0. The Hall–Kier alpha value is -2.86. The van der Waals surface area contributed by atoms with Gasteiger partial charge in [0.05, 0.1) is 12.5 Å². The van der Waals surface area contributed by atoms with Crippen LogP contribution in [0.1, 0.15) is 24.8 Å². The molecule has 1 spiro atoms. The van der Waals surface area contributed by atoms with Gasteiger partial charge in [-0.25, -0.2) is 0 Å². The highest BCUT2D eigenvalue weighted by atomic mass is 16.5. The number of nitrogens with one attached hydrogen (secondary N) is 2. The van der Waals surface area contributed by atoms with Gasteiger partial charge < -0.3 is 15.4 Å². The second-order valence-corrected chi connectivity index (χ2v) is 8.00. The fraction of sp³-hybridized carbons (Fsp3) is 0.391. The first-order valence-electron chi connectivity index (χ1n) is 10.3. The number of amides is 2. The van der Waals surface area contributed by atoms with E-state index in [0.29, 0.717) is 19.6 Å². The first kappa shape index (κ1) is 18.2. The summed E-state index contributed by atoms with van der Waals surface area (Å²) in [6.07, 6.45) is 2.83. The van der Waals surface area contributed by atoms with Crippen LogP contribution in [0.5, 0.6) is 5.75 Å². The minimum atomic E-state index is -0.887. The van der Waals surface area contributed by atoms with Crippen molar-refractivity contribution < 1.29 is 14.3 Å². The Morgan fingerprint density at radius 2 is 1.97 bits per heavy atom. The predicted octanol–water partition coefficient (Wildman–Crippen LogP) is 2.51. The number of rotatable bonds is 5. The molecular weight excluding hydrogens is 366 g/mol. The fourth-order valence-corrected chi connectivity index (χ4v) is 5.36. The van der Waals surface area contributed by atoms with E-state index in [4.69, 9.17) is 4.74 Å². The number of para-hydroxylation sites is 2. The molecule has 0 aliphatic carbocycles. The van der Waals surface area contributed by atoms with Crippen molar-refractivity contribution in [3.05, 3.63) is 60.2 Å². The summed E-state index contributed by atoms with van der Waals surface area (Å²) >= 11 is 0. The van der Waals surface area contributed by atoms with Crippen LogP contribution < -0.4 is 15.4 Å². The third-order valence-electron chi connectivity index (χ3n) is 6.50. The van der Waals surface area contributed by atoms with Crippen molar-refractivity contribution in [2.45, 2.75) is 30.8 Å². The highest BCUT2D eigenvalue weighted by Gasteiger charge is 2.65. The third kappa shape index (κ3) is 2.82. The Morgan fingerprint density at radius 3 is 2.83 bits per heavy atom. The van der Waals surface area contributed by atoms with Gasteiger partial charge in [0.25, 0.3) is 0 Å². The van der Waals surface area contributed by atoms with Gasteiger partial charge in [-0.2, -0.15) is 0 Å². The Balaban J connectivity index is 1.35. The highest BCUT2D eigenvalue weighted by Crippen LogP contribution is 2.55. The highest BCUT2D eigenvalue weighted by molar-refractivity contribution is 6.09. The number of ether oxygens (including phenoxy) is 1. The van der Waals surface area contributed by atoms with Crippen LogP contribution in [0.3, 0.4) is 0 Å². The molecule has 0 unspecified atom stereocenters. The molecule has 6 heteroatoms. The van der Waals surface area contributed by atoms with Gasteiger partial charge in [0.1, 0.15) is 17.9 Å². The first-order chi connectivity index (χ1) is 14.2. The molecule has 0 bridgehead atoms. The molecule has 6 nitrogen and oxygen atoms in total. The molecule has 0 saturated carbocycles. The van der Waals surface area contributed by atoms with Crippen molar-refractivity contribution in [2.24, 2.45) is 5.92 Å². The molecule has 2 aromatic rings. The van der Waals surface area contributed by atoms with Gasteiger partial charge in [-0.1, -0.05) is 36.4 Å². The maximum atomic E-state index is 13.3. The van der Waals surface area contributed by atoms with E-state index in [0.717, 1.165) is 36.4 Å². The Labute approximate surface area is 170 Å². The fourth-order valence-electron chi connectivity index (χ4n) is 5.36. The van der Waals surface area contributed by atoms with Crippen LogP contribution in [-0.2, 0) is 15.1 Å². The lowest BCUT2D eigenvalue weighted by Gasteiger charge is -2.36. The van der Waals surface area contributed by atoms with Crippen molar-refractivity contribution in [1.82, 2.24) is 10.2 Å². The number of nitrogens with zero attached hydrogens (tertiary/aromatic N) is 1. The van der Waals surface area contributed by atoms with Gasteiger partial charge in [-0.3, -0.25) is 14.5 Å². The molecule has 3 aliphatic rings. The van der Waals surface area contributed by atoms with Gasteiger partial charge in [0.2, 0.25) is 11.8 Å². The quantitative estimate of drug-likeness (QED) is 0.769. The lowest BCUT2D eigenvalue weighted by atomic mass is 9.78. The Morgan fingerprint density at radius 1 is 1.17 bits per heavy atom. The summed E-state index contributed by atoms with van der Waals surface area (Å²) in [6.45, 7) is 1.66. The third-order valence-corrected chi connectivity index (χ3v) is 6.50. The summed E-state index contributed by atoms with van der Waals surface area (Å²) in [5.74, 6) is 0.253. The number of hydrogen-bond acceptors (Lipinski definition) is 4. The SMILES string of the molecule is O=C(NCCOc1ccccc1)[C@@H]1C[C@H]2CCCN2[C@]12C(=O)Nc1ccccc12. The van der Waals surface area contributed by atoms with Crippen LogP contribution in [-0.4, -0.2) is 42.5 Å². The van der Waals surface area contributed by atoms with Gasteiger partial charge >= 0.3 is 0 Å². The maximum Gasteiger partial charge on any atom is 0.250 e. The van der Waals surface area contributed by atoms with Crippen LogP contribution in [0.15, 0.2) is 54.6 Å². The van der Waals surface area contributed by atoms with Crippen LogP contribution >= 0.6 is 0 Å². The van der Waals surface area contributed by atoms with E-state index in [2.05, 4.69) is 15.5 Å². The van der Waals surface area contributed by atoms with E-state index in [9.17, 15) is 9.59 Å². The van der Waals surface area contributed by atoms with E-state index in [1.54, 1.807) is 0 Å². The summed E-state index contributed by atoms with van der Waals surface area (Å²) in [4.78, 5) is 28.8. The van der Waals surface area contributed by atoms with E-state index >= 15 is 0 Å². The Bertz CT molecular complexity index is 932. The molecule has 2 aromatic carbocycles. The second kappa shape index (κ2) is 7.19. The average Bonchev–Trinajstić information content (AvgIpc) is 3.40. The topological polar surface area (TPSA) is 70.7 Å². The molecular formula is C23H25N3O3. The lowest BCUT2D eigenvalue weighted by Crippen LogP contribution is -2.54. The number of carbonyl (C=O) groups excluding carboxylic acids is 2. The van der Waals surface area contributed by atoms with Gasteiger partial charge in [-0.05, 0) is 44.0 Å². The number of carbonyl (C=O) groups is 2. The minimum absolute atomic E-state index is 0.0659. The number of hydrogen-bond donors (Lipinski definition) is 2. The van der Waals surface area contributed by atoms with E-state index in [1.165, 1.54) is 0 Å². The molecule has 2 fully saturated rings. The summed E-state index contributed by atoms with van der Waals surface area (Å²) in [5.41, 5.74) is 0.882. The summed E-state index contributed by atoms with van der Waals surface area (Å²) in [6, 6.07) is 17.6.